The van der Waals surface area contributed by atoms with Crippen molar-refractivity contribution in [1.29, 1.82) is 0 Å². The van der Waals surface area contributed by atoms with Crippen molar-refractivity contribution in [2.45, 2.75) is 43.6 Å². The number of alkyl halides is 4. The number of ketones is 1. The maximum atomic E-state index is 14.7. The summed E-state index contributed by atoms with van der Waals surface area (Å²) < 4.78 is 89.1. The van der Waals surface area contributed by atoms with Gasteiger partial charge in [0.2, 0.25) is 5.76 Å². The third-order valence-corrected chi connectivity index (χ3v) is 6.65. The summed E-state index contributed by atoms with van der Waals surface area (Å²) in [6.45, 7) is -0.0693. The Balaban J connectivity index is 1.48. The smallest absolute Gasteiger partial charge is 0.449 e. The number of aliphatic hydroxyl groups excluding tert-OH is 1. The first-order chi connectivity index (χ1) is 17.4. The number of carbonyl (C=O) groups excluding carboxylic acids is 1. The fourth-order valence-corrected chi connectivity index (χ4v) is 4.43. The Morgan fingerprint density at radius 3 is 2.76 bits per heavy atom. The second-order valence-electron chi connectivity index (χ2n) is 8.16. The van der Waals surface area contributed by atoms with Crippen molar-refractivity contribution >= 4 is 21.9 Å². The highest BCUT2D eigenvalue weighted by molar-refractivity contribution is 7.84. The minimum atomic E-state index is -4.62. The van der Waals surface area contributed by atoms with Gasteiger partial charge in [-0.1, -0.05) is 0 Å². The first-order valence-electron chi connectivity index (χ1n) is 10.7. The molecule has 16 heteroatoms. The van der Waals surface area contributed by atoms with E-state index in [4.69, 9.17) is 8.60 Å². The standard InChI is InChI=1S/C21H21F4N5O6S/c1-26-37(33,34)36-15-6-14(17(22)19(15)32)29-20-13(7-27-10-28-20)18(31)11-4-5-30(8-11)9-12-2-3-16(35-12)21(23,24)25/h2-5,7-8,10,14-15,17,19,26,32H,6,9H2,1H3,(H,27,28,29)/t14-,15-,17-,19-/m1/s1. The van der Waals surface area contributed by atoms with Gasteiger partial charge >= 0.3 is 16.5 Å². The predicted molar refractivity (Wildman–Crippen MR) is 118 cm³/mol. The number of nitrogens with zero attached hydrogens (tertiary/aromatic N) is 3. The zero-order valence-electron chi connectivity index (χ0n) is 19.0. The van der Waals surface area contributed by atoms with Crippen LogP contribution in [0.25, 0.3) is 0 Å². The number of hydrogen-bond acceptors (Lipinski definition) is 9. The molecule has 0 bridgehead atoms. The van der Waals surface area contributed by atoms with Gasteiger partial charge in [0.05, 0.1) is 18.2 Å². The average Bonchev–Trinajstić information content (AvgIpc) is 3.57. The molecule has 4 rings (SSSR count). The lowest BCUT2D eigenvalue weighted by Crippen LogP contribution is -2.35. The zero-order chi connectivity index (χ0) is 27.0. The molecule has 0 spiro atoms. The van der Waals surface area contributed by atoms with Crippen LogP contribution in [-0.4, -0.2) is 65.3 Å². The molecule has 1 fully saturated rings. The van der Waals surface area contributed by atoms with Crippen molar-refractivity contribution < 1.29 is 44.5 Å². The highest BCUT2D eigenvalue weighted by atomic mass is 32.2. The molecule has 200 valence electrons. The topological polar surface area (TPSA) is 149 Å². The van der Waals surface area contributed by atoms with Crippen LogP contribution in [0.15, 0.2) is 47.5 Å². The monoisotopic (exact) mass is 547 g/mol. The van der Waals surface area contributed by atoms with Crippen LogP contribution in [0.3, 0.4) is 0 Å². The van der Waals surface area contributed by atoms with Crippen LogP contribution in [0.2, 0.25) is 0 Å². The van der Waals surface area contributed by atoms with Crippen molar-refractivity contribution in [2.75, 3.05) is 12.4 Å². The van der Waals surface area contributed by atoms with Gasteiger partial charge in [0.1, 0.15) is 36.3 Å². The fraction of sp³-hybridized carbons (Fsp3) is 0.381. The third kappa shape index (κ3) is 5.98. The van der Waals surface area contributed by atoms with Crippen molar-refractivity contribution in [3.63, 3.8) is 0 Å². The summed E-state index contributed by atoms with van der Waals surface area (Å²) in [6, 6.07) is 2.28. The van der Waals surface area contributed by atoms with E-state index in [0.717, 1.165) is 19.4 Å². The summed E-state index contributed by atoms with van der Waals surface area (Å²) in [6.07, 6.45) is -4.78. The number of anilines is 1. The number of carbonyl (C=O) groups is 1. The summed E-state index contributed by atoms with van der Waals surface area (Å²) in [7, 11) is -3.09. The Labute approximate surface area is 207 Å². The molecule has 0 amide bonds. The molecule has 1 aliphatic carbocycles. The summed E-state index contributed by atoms with van der Waals surface area (Å²) in [5.41, 5.74) is 0.0940. The highest BCUT2D eigenvalue weighted by Crippen LogP contribution is 2.32. The molecular formula is C21H21F4N5O6S. The van der Waals surface area contributed by atoms with Gasteiger partial charge in [-0.25, -0.2) is 14.4 Å². The molecule has 4 atom stereocenters. The van der Waals surface area contributed by atoms with Crippen LogP contribution in [0.4, 0.5) is 23.4 Å². The molecule has 3 aromatic rings. The van der Waals surface area contributed by atoms with Gasteiger partial charge in [0, 0.05) is 37.6 Å². The number of nitrogens with one attached hydrogen (secondary N) is 2. The van der Waals surface area contributed by atoms with E-state index in [-0.39, 0.29) is 35.7 Å². The average molecular weight is 547 g/mol. The van der Waals surface area contributed by atoms with Crippen molar-refractivity contribution in [3.8, 4) is 0 Å². The number of rotatable bonds is 9. The van der Waals surface area contributed by atoms with E-state index < -0.39 is 52.4 Å². The van der Waals surface area contributed by atoms with Crippen LogP contribution in [0, 0.1) is 0 Å². The zero-order valence-corrected chi connectivity index (χ0v) is 19.8. The van der Waals surface area contributed by atoms with E-state index >= 15 is 0 Å². The molecule has 3 N–H and O–H groups in total. The normalized spacial score (nSPS) is 22.3. The highest BCUT2D eigenvalue weighted by Gasteiger charge is 2.46. The summed E-state index contributed by atoms with van der Waals surface area (Å²) in [5.74, 6) is -1.75. The van der Waals surface area contributed by atoms with Crippen molar-refractivity contribution in [3.05, 3.63) is 65.8 Å². The van der Waals surface area contributed by atoms with E-state index in [1.54, 1.807) is 0 Å². The molecule has 0 aromatic carbocycles. The Morgan fingerprint density at radius 1 is 1.32 bits per heavy atom. The molecule has 0 aliphatic heterocycles. The second-order valence-corrected chi connectivity index (χ2v) is 9.67. The minimum absolute atomic E-state index is 0.0261. The van der Waals surface area contributed by atoms with Crippen LogP contribution in [0.5, 0.6) is 0 Å². The van der Waals surface area contributed by atoms with Gasteiger partial charge in [-0.05, 0) is 18.2 Å². The molecule has 11 nitrogen and oxygen atoms in total. The van der Waals surface area contributed by atoms with Gasteiger partial charge in [-0.3, -0.25) is 8.98 Å². The van der Waals surface area contributed by atoms with Crippen LogP contribution in [-0.2, 0) is 27.2 Å². The number of halogens is 4. The minimum Gasteiger partial charge on any atom is -0.455 e. The molecule has 0 saturated heterocycles. The SMILES string of the molecule is CNS(=O)(=O)O[C@@H]1C[C@@H](Nc2ncncc2C(=O)c2ccn(Cc3ccc(C(F)(F)F)o3)c2)[C@@H](F)[C@@H]1O. The summed E-state index contributed by atoms with van der Waals surface area (Å²) in [4.78, 5) is 20.9. The molecule has 3 heterocycles. The van der Waals surface area contributed by atoms with Crippen molar-refractivity contribution in [1.82, 2.24) is 19.3 Å². The van der Waals surface area contributed by atoms with Crippen LogP contribution < -0.4 is 10.0 Å². The Bertz CT molecular complexity index is 1380. The Hall–Kier alpha value is -3.34. The van der Waals surface area contributed by atoms with E-state index in [0.29, 0.717) is 0 Å². The summed E-state index contributed by atoms with van der Waals surface area (Å²) >= 11 is 0. The van der Waals surface area contributed by atoms with Gasteiger partial charge < -0.3 is 19.4 Å². The van der Waals surface area contributed by atoms with E-state index in [9.17, 15) is 35.9 Å². The molecule has 1 aliphatic rings. The maximum Gasteiger partial charge on any atom is 0.449 e. The molecule has 3 aromatic heterocycles. The number of hydrogen-bond donors (Lipinski definition) is 3. The van der Waals surface area contributed by atoms with Gasteiger partial charge in [-0.2, -0.15) is 26.3 Å². The molecular weight excluding hydrogens is 526 g/mol. The maximum absolute atomic E-state index is 14.7. The number of furan rings is 1. The number of aromatic nitrogens is 3. The van der Waals surface area contributed by atoms with Gasteiger partial charge in [0.15, 0.2) is 5.78 Å². The third-order valence-electron chi connectivity index (χ3n) is 5.65. The predicted octanol–water partition coefficient (Wildman–Crippen LogP) is 1.90. The Morgan fingerprint density at radius 2 is 2.08 bits per heavy atom. The lowest BCUT2D eigenvalue weighted by Gasteiger charge is -2.17. The van der Waals surface area contributed by atoms with E-state index in [2.05, 4.69) is 15.3 Å². The van der Waals surface area contributed by atoms with Crippen LogP contribution in [0.1, 0.15) is 33.9 Å². The largest absolute Gasteiger partial charge is 0.455 e. The molecule has 0 unspecified atom stereocenters. The van der Waals surface area contributed by atoms with Crippen molar-refractivity contribution in [2.24, 2.45) is 0 Å². The lowest BCUT2D eigenvalue weighted by atomic mass is 10.1. The Kier molecular flexibility index (Phi) is 7.36. The molecule has 0 radical (unpaired) electrons. The first kappa shape index (κ1) is 26.7. The summed E-state index contributed by atoms with van der Waals surface area (Å²) in [5, 5.41) is 12.8. The quantitative estimate of drug-likeness (QED) is 0.270. The molecule has 1 saturated carbocycles. The van der Waals surface area contributed by atoms with E-state index in [1.807, 2.05) is 4.72 Å². The second kappa shape index (κ2) is 10.2. The van der Waals surface area contributed by atoms with Gasteiger partial charge in [0.25, 0.3) is 0 Å². The van der Waals surface area contributed by atoms with Gasteiger partial charge in [-0.15, -0.1) is 0 Å². The number of aliphatic hydroxyl groups is 1. The fourth-order valence-electron chi connectivity index (χ4n) is 3.82. The first-order valence-corrected chi connectivity index (χ1v) is 12.2. The molecule has 37 heavy (non-hydrogen) atoms. The van der Waals surface area contributed by atoms with E-state index in [1.165, 1.54) is 35.3 Å². The van der Waals surface area contributed by atoms with Crippen LogP contribution >= 0.6 is 0 Å². The lowest BCUT2D eigenvalue weighted by molar-refractivity contribution is -0.153.